The zero-order valence-electron chi connectivity index (χ0n) is 18.9. The quantitative estimate of drug-likeness (QED) is 0.214. The number of carbonyl (C=O) groups is 3. The van der Waals surface area contributed by atoms with Crippen molar-refractivity contribution in [3.8, 4) is 5.75 Å². The van der Waals surface area contributed by atoms with Gasteiger partial charge in [0.2, 0.25) is 0 Å². The van der Waals surface area contributed by atoms with E-state index in [4.69, 9.17) is 21.7 Å². The Hall–Kier alpha value is -4.30. The van der Waals surface area contributed by atoms with Crippen molar-refractivity contribution in [2.45, 2.75) is 6.92 Å². The molecule has 0 radical (unpaired) electrons. The summed E-state index contributed by atoms with van der Waals surface area (Å²) in [4.78, 5) is 41.2. The zero-order valence-corrected chi connectivity index (χ0v) is 19.7. The van der Waals surface area contributed by atoms with Gasteiger partial charge in [0.05, 0.1) is 18.0 Å². The summed E-state index contributed by atoms with van der Waals surface area (Å²) in [6.07, 6.45) is 1.52. The van der Waals surface area contributed by atoms with E-state index >= 15 is 0 Å². The van der Waals surface area contributed by atoms with Crippen LogP contribution in [0, 0.1) is 0 Å². The SMILES string of the molecule is CCOC(=O)COc1ccc(C=C2C(=O)N(c3ccccc3)C(=S)N(c3ccccc3)C2=O)cc1. The van der Waals surface area contributed by atoms with Gasteiger partial charge >= 0.3 is 5.97 Å². The minimum Gasteiger partial charge on any atom is -0.482 e. The molecule has 176 valence electrons. The van der Waals surface area contributed by atoms with Crippen molar-refractivity contribution in [3.05, 3.63) is 96.1 Å². The van der Waals surface area contributed by atoms with Crippen molar-refractivity contribution in [2.75, 3.05) is 23.0 Å². The third-order valence-electron chi connectivity index (χ3n) is 5.13. The molecular formula is C27H22N2O5S. The van der Waals surface area contributed by atoms with E-state index in [-0.39, 0.29) is 23.9 Å². The number of nitrogens with zero attached hydrogens (tertiary/aromatic N) is 2. The van der Waals surface area contributed by atoms with Gasteiger partial charge in [-0.15, -0.1) is 0 Å². The number of benzene rings is 3. The number of amides is 2. The number of ether oxygens (including phenoxy) is 2. The number of hydrogen-bond donors (Lipinski definition) is 0. The largest absolute Gasteiger partial charge is 0.482 e. The fourth-order valence-corrected chi connectivity index (χ4v) is 3.89. The van der Waals surface area contributed by atoms with Gasteiger partial charge in [-0.3, -0.25) is 19.4 Å². The lowest BCUT2D eigenvalue weighted by Gasteiger charge is -2.36. The van der Waals surface area contributed by atoms with Crippen molar-refractivity contribution in [3.63, 3.8) is 0 Å². The number of hydrogen-bond acceptors (Lipinski definition) is 6. The first-order valence-electron chi connectivity index (χ1n) is 10.9. The van der Waals surface area contributed by atoms with E-state index in [1.807, 2.05) is 12.1 Å². The maximum atomic E-state index is 13.5. The summed E-state index contributed by atoms with van der Waals surface area (Å²) in [5, 5.41) is 0.0808. The smallest absolute Gasteiger partial charge is 0.344 e. The average Bonchev–Trinajstić information content (AvgIpc) is 2.87. The summed E-state index contributed by atoms with van der Waals surface area (Å²) in [6.45, 7) is 1.79. The van der Waals surface area contributed by atoms with E-state index in [1.165, 1.54) is 15.9 Å². The van der Waals surface area contributed by atoms with Crippen LogP contribution in [0.5, 0.6) is 5.75 Å². The van der Waals surface area contributed by atoms with Gasteiger partial charge in [0, 0.05) is 0 Å². The molecule has 35 heavy (non-hydrogen) atoms. The van der Waals surface area contributed by atoms with Crippen molar-refractivity contribution in [2.24, 2.45) is 0 Å². The van der Waals surface area contributed by atoms with Crippen molar-refractivity contribution < 1.29 is 23.9 Å². The fourth-order valence-electron chi connectivity index (χ4n) is 3.51. The molecule has 0 aliphatic carbocycles. The molecule has 1 aliphatic rings. The van der Waals surface area contributed by atoms with Gasteiger partial charge in [0.15, 0.2) is 11.7 Å². The molecule has 0 N–H and O–H groups in total. The molecule has 3 aromatic rings. The molecule has 7 nitrogen and oxygen atoms in total. The summed E-state index contributed by atoms with van der Waals surface area (Å²) < 4.78 is 10.3. The first-order valence-corrected chi connectivity index (χ1v) is 11.3. The maximum Gasteiger partial charge on any atom is 0.344 e. The number of anilines is 2. The Balaban J connectivity index is 1.67. The van der Waals surface area contributed by atoms with Crippen LogP contribution in [0.1, 0.15) is 12.5 Å². The van der Waals surface area contributed by atoms with Gasteiger partial charge in [-0.1, -0.05) is 48.5 Å². The summed E-state index contributed by atoms with van der Waals surface area (Å²) in [6, 6.07) is 24.6. The normalized spacial score (nSPS) is 13.6. The Bertz CT molecular complexity index is 1210. The molecule has 1 heterocycles. The summed E-state index contributed by atoms with van der Waals surface area (Å²) in [7, 11) is 0. The number of esters is 1. The van der Waals surface area contributed by atoms with Gasteiger partial charge in [-0.25, -0.2) is 4.79 Å². The predicted octanol–water partition coefficient (Wildman–Crippen LogP) is 4.38. The van der Waals surface area contributed by atoms with Crippen LogP contribution < -0.4 is 14.5 Å². The Labute approximate surface area is 208 Å². The molecule has 1 fully saturated rings. The second-order valence-corrected chi connectivity index (χ2v) is 7.82. The number of thiocarbonyl (C=S) groups is 1. The monoisotopic (exact) mass is 486 g/mol. The highest BCUT2D eigenvalue weighted by Gasteiger charge is 2.41. The standard InChI is InChI=1S/C27H22N2O5S/c1-2-33-24(30)18-34-22-15-13-19(14-16-22)17-23-25(31)28(20-9-5-3-6-10-20)27(35)29(26(23)32)21-11-7-4-8-12-21/h3-17H,2,18H2,1H3. The van der Waals surface area contributed by atoms with E-state index in [1.54, 1.807) is 79.7 Å². The van der Waals surface area contributed by atoms with Gasteiger partial charge in [0.25, 0.3) is 11.8 Å². The molecule has 3 aromatic carbocycles. The van der Waals surface area contributed by atoms with Crippen LogP contribution in [-0.2, 0) is 19.1 Å². The van der Waals surface area contributed by atoms with Crippen LogP contribution in [0.4, 0.5) is 11.4 Å². The predicted molar refractivity (Wildman–Crippen MR) is 137 cm³/mol. The molecule has 1 saturated heterocycles. The lowest BCUT2D eigenvalue weighted by Crippen LogP contribution is -2.56. The molecule has 8 heteroatoms. The number of rotatable bonds is 7. The second-order valence-electron chi connectivity index (χ2n) is 7.46. The summed E-state index contributed by atoms with van der Waals surface area (Å²) in [5.74, 6) is -1.03. The van der Waals surface area contributed by atoms with Gasteiger partial charge in [-0.2, -0.15) is 0 Å². The van der Waals surface area contributed by atoms with E-state index < -0.39 is 17.8 Å². The Morgan fingerprint density at radius 3 is 1.83 bits per heavy atom. The lowest BCUT2D eigenvalue weighted by molar-refractivity contribution is -0.145. The average molecular weight is 487 g/mol. The second kappa shape index (κ2) is 10.8. The molecule has 2 amide bonds. The Kier molecular flexibility index (Phi) is 7.32. The van der Waals surface area contributed by atoms with Crippen molar-refractivity contribution in [1.29, 1.82) is 0 Å². The molecule has 1 aliphatic heterocycles. The third-order valence-corrected chi connectivity index (χ3v) is 5.50. The van der Waals surface area contributed by atoms with Crippen LogP contribution in [0.25, 0.3) is 6.08 Å². The highest BCUT2D eigenvalue weighted by molar-refractivity contribution is 7.81. The molecule has 0 atom stereocenters. The van der Waals surface area contributed by atoms with Crippen LogP contribution in [0.2, 0.25) is 0 Å². The van der Waals surface area contributed by atoms with Gasteiger partial charge in [0.1, 0.15) is 11.3 Å². The van der Waals surface area contributed by atoms with Crippen molar-refractivity contribution >= 4 is 52.6 Å². The highest BCUT2D eigenvalue weighted by atomic mass is 32.1. The summed E-state index contributed by atoms with van der Waals surface area (Å²) in [5.41, 5.74) is 1.69. The van der Waals surface area contributed by atoms with Crippen molar-refractivity contribution in [1.82, 2.24) is 0 Å². The van der Waals surface area contributed by atoms with E-state index in [9.17, 15) is 14.4 Å². The van der Waals surface area contributed by atoms with Gasteiger partial charge < -0.3 is 9.47 Å². The zero-order chi connectivity index (χ0) is 24.8. The van der Waals surface area contributed by atoms with Crippen LogP contribution in [0.15, 0.2) is 90.5 Å². The fraction of sp³-hybridized carbons (Fsp3) is 0.111. The molecular weight excluding hydrogens is 464 g/mol. The molecule has 4 rings (SSSR count). The molecule has 0 aromatic heterocycles. The first kappa shape index (κ1) is 23.8. The molecule has 0 bridgehead atoms. The minimum absolute atomic E-state index is 0.0356. The highest BCUT2D eigenvalue weighted by Crippen LogP contribution is 2.29. The topological polar surface area (TPSA) is 76.2 Å². The van der Waals surface area contributed by atoms with E-state index in [0.29, 0.717) is 22.7 Å². The van der Waals surface area contributed by atoms with Crippen LogP contribution in [-0.4, -0.2) is 36.1 Å². The third kappa shape index (κ3) is 5.28. The van der Waals surface area contributed by atoms with Gasteiger partial charge in [-0.05, 0) is 67.2 Å². The minimum atomic E-state index is -0.513. The lowest BCUT2D eigenvalue weighted by atomic mass is 10.0. The molecule has 0 unspecified atom stereocenters. The summed E-state index contributed by atoms with van der Waals surface area (Å²) >= 11 is 5.60. The maximum absolute atomic E-state index is 13.5. The first-order chi connectivity index (χ1) is 17.0. The number of para-hydroxylation sites is 2. The van der Waals surface area contributed by atoms with E-state index in [0.717, 1.165) is 0 Å². The number of carbonyl (C=O) groups excluding carboxylic acids is 3. The Morgan fingerprint density at radius 2 is 1.34 bits per heavy atom. The Morgan fingerprint density at radius 1 is 0.829 bits per heavy atom. The molecule has 0 spiro atoms. The van der Waals surface area contributed by atoms with Crippen LogP contribution >= 0.6 is 12.2 Å². The van der Waals surface area contributed by atoms with Crippen LogP contribution in [0.3, 0.4) is 0 Å². The molecule has 0 saturated carbocycles. The van der Waals surface area contributed by atoms with E-state index in [2.05, 4.69) is 0 Å².